The number of amides is 1. The van der Waals surface area contributed by atoms with Gasteiger partial charge in [-0.05, 0) is 37.8 Å². The van der Waals surface area contributed by atoms with Crippen LogP contribution in [-0.4, -0.2) is 81.4 Å². The highest BCUT2D eigenvalue weighted by Gasteiger charge is 2.31. The summed E-state index contributed by atoms with van der Waals surface area (Å²) in [6, 6.07) is 3.27. The number of carbonyl (C=O) groups is 1. The predicted octanol–water partition coefficient (Wildman–Crippen LogP) is 1.80. The maximum absolute atomic E-state index is 14.0. The molecule has 1 atom stereocenters. The van der Waals surface area contributed by atoms with Crippen molar-refractivity contribution in [2.45, 2.75) is 37.8 Å². The first-order valence-electron chi connectivity index (χ1n) is 12.0. The van der Waals surface area contributed by atoms with E-state index in [4.69, 9.17) is 14.8 Å². The molecule has 0 aromatic carbocycles. The molecule has 11 heteroatoms. The van der Waals surface area contributed by atoms with E-state index in [1.165, 1.54) is 13.2 Å². The van der Waals surface area contributed by atoms with Crippen molar-refractivity contribution >= 4 is 17.4 Å². The zero-order valence-corrected chi connectivity index (χ0v) is 19.7. The molecule has 10 nitrogen and oxygen atoms in total. The van der Waals surface area contributed by atoms with E-state index in [-0.39, 0.29) is 24.6 Å². The van der Waals surface area contributed by atoms with Gasteiger partial charge in [-0.2, -0.15) is 5.10 Å². The number of nitrogens with zero attached hydrogens (tertiary/aromatic N) is 6. The summed E-state index contributed by atoms with van der Waals surface area (Å²) in [7, 11) is 1.53. The van der Waals surface area contributed by atoms with Gasteiger partial charge < -0.3 is 25.0 Å². The molecule has 5 rings (SSSR count). The van der Waals surface area contributed by atoms with Crippen LogP contribution in [0.4, 0.5) is 10.2 Å². The number of rotatable bonds is 7. The zero-order valence-electron chi connectivity index (χ0n) is 19.7. The monoisotopic (exact) mass is 483 g/mol. The van der Waals surface area contributed by atoms with Crippen LogP contribution in [0.15, 0.2) is 30.7 Å². The summed E-state index contributed by atoms with van der Waals surface area (Å²) in [5.74, 6) is 0.490. The summed E-state index contributed by atoms with van der Waals surface area (Å²) >= 11 is 0. The number of fused-ring (bicyclic) bond motifs is 1. The molecule has 3 aromatic heterocycles. The maximum Gasteiger partial charge on any atom is 0.256 e. The number of pyridine rings is 1. The molecule has 0 spiro atoms. The van der Waals surface area contributed by atoms with Crippen LogP contribution >= 0.6 is 0 Å². The number of nitrogens with one attached hydrogen (secondary N) is 1. The lowest BCUT2D eigenvalue weighted by Crippen LogP contribution is -2.45. The van der Waals surface area contributed by atoms with E-state index in [1.807, 2.05) is 6.07 Å². The van der Waals surface area contributed by atoms with Crippen molar-refractivity contribution in [1.82, 2.24) is 29.8 Å². The smallest absolute Gasteiger partial charge is 0.256 e. The van der Waals surface area contributed by atoms with Crippen LogP contribution in [-0.2, 0) is 0 Å². The SMILES string of the molecule is COc1ncc(F)cc1C1CCCN1c1ccn2ncc(C(=O)NC3CCN(CCO)CC3)c2n1. The molecule has 0 radical (unpaired) electrons. The average molecular weight is 484 g/mol. The first kappa shape index (κ1) is 23.4. The van der Waals surface area contributed by atoms with Crippen LogP contribution < -0.4 is 15.0 Å². The van der Waals surface area contributed by atoms with E-state index in [1.54, 1.807) is 16.9 Å². The maximum atomic E-state index is 14.0. The highest BCUT2D eigenvalue weighted by atomic mass is 19.1. The van der Waals surface area contributed by atoms with Gasteiger partial charge in [0.05, 0.1) is 32.2 Å². The van der Waals surface area contributed by atoms with Crippen LogP contribution in [0.25, 0.3) is 5.65 Å². The summed E-state index contributed by atoms with van der Waals surface area (Å²) < 4.78 is 21.0. The number of halogens is 1. The fourth-order valence-electron chi connectivity index (χ4n) is 5.10. The second kappa shape index (κ2) is 10.1. The standard InChI is InChI=1S/C24H30FN7O3/c1-35-24-18(13-16(25)14-26-24)20-3-2-7-31(20)21-6-10-32-22(29-21)19(15-27-32)23(34)28-17-4-8-30(9-5-17)11-12-33/h6,10,13-15,17,20,33H,2-5,7-9,11-12H2,1H3,(H,28,34). The second-order valence-corrected chi connectivity index (χ2v) is 9.03. The number of β-amino-alcohol motifs (C(OH)–C–C–N with tert-alkyl or cyclic N) is 1. The molecule has 2 N–H and O–H groups in total. The third kappa shape index (κ3) is 4.78. The lowest BCUT2D eigenvalue weighted by atomic mass is 10.0. The summed E-state index contributed by atoms with van der Waals surface area (Å²) in [6.07, 6.45) is 7.89. The van der Waals surface area contributed by atoms with Crippen molar-refractivity contribution < 1.29 is 19.0 Å². The Balaban J connectivity index is 1.36. The van der Waals surface area contributed by atoms with Gasteiger partial charge in [0.25, 0.3) is 5.91 Å². The van der Waals surface area contributed by atoms with Crippen LogP contribution in [0.3, 0.4) is 0 Å². The van der Waals surface area contributed by atoms with Gasteiger partial charge in [-0.15, -0.1) is 0 Å². The molecule has 2 saturated heterocycles. The average Bonchev–Trinajstić information content (AvgIpc) is 3.52. The summed E-state index contributed by atoms with van der Waals surface area (Å²) in [5, 5.41) is 16.6. The third-order valence-corrected chi connectivity index (χ3v) is 6.88. The molecular formula is C24H30FN7O3. The topological polar surface area (TPSA) is 108 Å². The van der Waals surface area contributed by atoms with Crippen molar-refractivity contribution in [1.29, 1.82) is 0 Å². The van der Waals surface area contributed by atoms with Crippen molar-refractivity contribution in [3.63, 3.8) is 0 Å². The normalized spacial score (nSPS) is 19.4. The highest BCUT2D eigenvalue weighted by Crippen LogP contribution is 2.38. The Kier molecular flexibility index (Phi) is 6.78. The molecule has 2 fully saturated rings. The molecule has 2 aliphatic heterocycles. The quantitative estimate of drug-likeness (QED) is 0.524. The third-order valence-electron chi connectivity index (χ3n) is 6.88. The van der Waals surface area contributed by atoms with Gasteiger partial charge in [-0.25, -0.2) is 18.9 Å². The number of piperidine rings is 1. The van der Waals surface area contributed by atoms with E-state index in [0.29, 0.717) is 35.0 Å². The summed E-state index contributed by atoms with van der Waals surface area (Å²) in [6.45, 7) is 3.24. The number of aliphatic hydroxyl groups excluding tert-OH is 1. The van der Waals surface area contributed by atoms with Gasteiger partial charge in [0.2, 0.25) is 5.88 Å². The minimum Gasteiger partial charge on any atom is -0.481 e. The largest absolute Gasteiger partial charge is 0.481 e. The lowest BCUT2D eigenvalue weighted by molar-refractivity contribution is 0.0904. The number of aromatic nitrogens is 4. The molecule has 0 aliphatic carbocycles. The molecule has 3 aromatic rings. The van der Waals surface area contributed by atoms with Gasteiger partial charge in [0.15, 0.2) is 5.65 Å². The minimum absolute atomic E-state index is 0.0754. The summed E-state index contributed by atoms with van der Waals surface area (Å²) in [4.78, 5) is 26.3. The van der Waals surface area contributed by atoms with Gasteiger partial charge in [0.1, 0.15) is 17.2 Å². The molecular weight excluding hydrogens is 453 g/mol. The van der Waals surface area contributed by atoms with Crippen LogP contribution in [0.1, 0.15) is 47.6 Å². The van der Waals surface area contributed by atoms with E-state index in [9.17, 15) is 9.18 Å². The fourth-order valence-corrected chi connectivity index (χ4v) is 5.10. The predicted molar refractivity (Wildman–Crippen MR) is 127 cm³/mol. The number of likely N-dealkylation sites (tertiary alicyclic amines) is 1. The minimum atomic E-state index is -0.409. The Morgan fingerprint density at radius 2 is 2.09 bits per heavy atom. The number of anilines is 1. The number of carbonyl (C=O) groups excluding carboxylic acids is 1. The molecule has 1 unspecified atom stereocenters. The van der Waals surface area contributed by atoms with Crippen LogP contribution in [0, 0.1) is 5.82 Å². The second-order valence-electron chi connectivity index (χ2n) is 9.03. The van der Waals surface area contributed by atoms with Gasteiger partial charge in [-0.1, -0.05) is 0 Å². The van der Waals surface area contributed by atoms with Crippen LogP contribution in [0.2, 0.25) is 0 Å². The Morgan fingerprint density at radius 1 is 1.26 bits per heavy atom. The first-order chi connectivity index (χ1) is 17.1. The Bertz CT molecular complexity index is 1200. The highest BCUT2D eigenvalue weighted by molar-refractivity contribution is 5.99. The summed E-state index contributed by atoms with van der Waals surface area (Å²) in [5.41, 5.74) is 1.59. The van der Waals surface area contributed by atoms with E-state index >= 15 is 0 Å². The number of hydrogen-bond acceptors (Lipinski definition) is 8. The van der Waals surface area contributed by atoms with E-state index in [0.717, 1.165) is 51.5 Å². The number of ether oxygens (including phenoxy) is 1. The van der Waals surface area contributed by atoms with Crippen molar-refractivity contribution in [2.24, 2.45) is 0 Å². The number of aliphatic hydroxyl groups is 1. The molecule has 35 heavy (non-hydrogen) atoms. The molecule has 0 saturated carbocycles. The van der Waals surface area contributed by atoms with Gasteiger partial charge in [0, 0.05) is 44.0 Å². The fraction of sp³-hybridized carbons (Fsp3) is 0.500. The Morgan fingerprint density at radius 3 is 2.86 bits per heavy atom. The molecule has 0 bridgehead atoms. The number of hydrogen-bond donors (Lipinski definition) is 2. The lowest BCUT2D eigenvalue weighted by Gasteiger charge is -2.31. The molecule has 2 aliphatic rings. The molecule has 5 heterocycles. The Labute approximate surface area is 202 Å². The van der Waals surface area contributed by atoms with Gasteiger partial charge in [-0.3, -0.25) is 4.79 Å². The molecule has 1 amide bonds. The van der Waals surface area contributed by atoms with Crippen molar-refractivity contribution in [3.05, 3.63) is 47.7 Å². The van der Waals surface area contributed by atoms with Gasteiger partial charge >= 0.3 is 0 Å². The van der Waals surface area contributed by atoms with E-state index < -0.39 is 5.82 Å². The van der Waals surface area contributed by atoms with Crippen LogP contribution in [0.5, 0.6) is 5.88 Å². The number of methoxy groups -OCH3 is 1. The Hall–Kier alpha value is -3.31. The van der Waals surface area contributed by atoms with Crippen molar-refractivity contribution in [2.75, 3.05) is 44.8 Å². The first-order valence-corrected chi connectivity index (χ1v) is 12.0. The zero-order chi connectivity index (χ0) is 24.4. The van der Waals surface area contributed by atoms with Crippen molar-refractivity contribution in [3.8, 4) is 5.88 Å². The van der Waals surface area contributed by atoms with E-state index in [2.05, 4.69) is 25.2 Å². The molecule has 186 valence electrons.